The second-order valence-corrected chi connectivity index (χ2v) is 3.99. The Hall–Kier alpha value is -0.940. The average molecular weight is 227 g/mol. The van der Waals surface area contributed by atoms with Gasteiger partial charge in [0.15, 0.2) is 0 Å². The summed E-state index contributed by atoms with van der Waals surface area (Å²) in [5, 5.41) is 11.1. The molecule has 0 aliphatic rings. The van der Waals surface area contributed by atoms with Crippen LogP contribution in [0, 0.1) is 0 Å². The molecule has 1 aromatic heterocycles. The second kappa shape index (κ2) is 7.35. The first kappa shape index (κ1) is 13.1. The molecule has 5 heteroatoms. The number of hydrogen-bond acceptors (Lipinski definition) is 5. The normalized spacial score (nSPS) is 11.2. The minimum Gasteiger partial charge on any atom is -0.424 e. The van der Waals surface area contributed by atoms with Crippen molar-refractivity contribution in [2.75, 3.05) is 13.2 Å². The fourth-order valence-corrected chi connectivity index (χ4v) is 1.16. The number of nitrogens with one attached hydrogen (secondary N) is 1. The fourth-order valence-electron chi connectivity index (χ4n) is 1.16. The van der Waals surface area contributed by atoms with Crippen molar-refractivity contribution in [2.24, 2.45) is 0 Å². The molecular formula is C11H21N3O2. The molecule has 0 aromatic carbocycles. The van der Waals surface area contributed by atoms with Gasteiger partial charge in [-0.25, -0.2) is 0 Å². The Morgan fingerprint density at radius 3 is 2.69 bits per heavy atom. The summed E-state index contributed by atoms with van der Waals surface area (Å²) in [5.74, 6) is 1.29. The van der Waals surface area contributed by atoms with Crippen molar-refractivity contribution in [3.8, 4) is 0 Å². The number of aromatic nitrogens is 2. The lowest BCUT2D eigenvalue weighted by atomic mass is 10.4. The van der Waals surface area contributed by atoms with E-state index in [0.717, 1.165) is 13.0 Å². The first-order valence-electron chi connectivity index (χ1n) is 5.84. The summed E-state index contributed by atoms with van der Waals surface area (Å²) in [6.45, 7) is 8.30. The van der Waals surface area contributed by atoms with E-state index in [1.165, 1.54) is 0 Å². The van der Waals surface area contributed by atoms with Crippen molar-refractivity contribution in [3.63, 3.8) is 0 Å². The summed E-state index contributed by atoms with van der Waals surface area (Å²) in [6.07, 6.45) is 1.72. The Kier molecular flexibility index (Phi) is 6.03. The predicted molar refractivity (Wildman–Crippen MR) is 61.1 cm³/mol. The lowest BCUT2D eigenvalue weighted by molar-refractivity contribution is 0.133. The van der Waals surface area contributed by atoms with Crippen molar-refractivity contribution in [1.29, 1.82) is 0 Å². The van der Waals surface area contributed by atoms with Crippen LogP contribution in [0.1, 0.15) is 39.0 Å². The highest BCUT2D eigenvalue weighted by Gasteiger charge is 2.05. The third kappa shape index (κ3) is 5.23. The first-order chi connectivity index (χ1) is 7.72. The molecule has 1 rings (SSSR count). The van der Waals surface area contributed by atoms with Gasteiger partial charge in [-0.3, -0.25) is 0 Å². The fraction of sp³-hybridized carbons (Fsp3) is 0.818. The van der Waals surface area contributed by atoms with Crippen LogP contribution < -0.4 is 5.32 Å². The van der Waals surface area contributed by atoms with Crippen LogP contribution in [0.3, 0.4) is 0 Å². The van der Waals surface area contributed by atoms with Crippen LogP contribution in [-0.4, -0.2) is 29.5 Å². The van der Waals surface area contributed by atoms with Crippen LogP contribution in [0.2, 0.25) is 0 Å². The molecule has 0 saturated carbocycles. The van der Waals surface area contributed by atoms with Crippen LogP contribution >= 0.6 is 0 Å². The van der Waals surface area contributed by atoms with E-state index in [2.05, 4.69) is 36.3 Å². The molecule has 0 atom stereocenters. The third-order valence-electron chi connectivity index (χ3n) is 1.98. The standard InChI is InChI=1S/C11H21N3O2/c1-4-6-15-7-5-10-13-14-11(16-10)8-12-9(2)3/h9,12H,4-8H2,1-3H3. The minimum absolute atomic E-state index is 0.420. The zero-order valence-electron chi connectivity index (χ0n) is 10.3. The van der Waals surface area contributed by atoms with Gasteiger partial charge in [-0.15, -0.1) is 10.2 Å². The maximum absolute atomic E-state index is 5.45. The highest BCUT2D eigenvalue weighted by atomic mass is 16.5. The van der Waals surface area contributed by atoms with E-state index in [-0.39, 0.29) is 0 Å². The molecule has 92 valence electrons. The van der Waals surface area contributed by atoms with E-state index in [1.54, 1.807) is 0 Å². The zero-order valence-corrected chi connectivity index (χ0v) is 10.3. The number of rotatable bonds is 8. The Labute approximate surface area is 96.6 Å². The molecular weight excluding hydrogens is 206 g/mol. The molecule has 5 nitrogen and oxygen atoms in total. The van der Waals surface area contributed by atoms with Gasteiger partial charge < -0.3 is 14.5 Å². The SMILES string of the molecule is CCCOCCc1nnc(CNC(C)C)o1. The first-order valence-corrected chi connectivity index (χ1v) is 5.84. The van der Waals surface area contributed by atoms with Gasteiger partial charge in [0.25, 0.3) is 0 Å². The van der Waals surface area contributed by atoms with E-state index >= 15 is 0 Å². The van der Waals surface area contributed by atoms with E-state index < -0.39 is 0 Å². The quantitative estimate of drug-likeness (QED) is 0.682. The van der Waals surface area contributed by atoms with Gasteiger partial charge in [0.05, 0.1) is 13.2 Å². The maximum atomic E-state index is 5.45. The highest BCUT2D eigenvalue weighted by molar-refractivity contribution is 4.82. The Balaban J connectivity index is 2.22. The van der Waals surface area contributed by atoms with Crippen molar-refractivity contribution in [2.45, 2.75) is 46.2 Å². The van der Waals surface area contributed by atoms with E-state index in [1.807, 2.05) is 0 Å². The van der Waals surface area contributed by atoms with Gasteiger partial charge in [0.1, 0.15) is 0 Å². The largest absolute Gasteiger partial charge is 0.424 e. The second-order valence-electron chi connectivity index (χ2n) is 3.99. The molecule has 1 aromatic rings. The molecule has 0 spiro atoms. The lowest BCUT2D eigenvalue weighted by Gasteiger charge is -2.03. The third-order valence-corrected chi connectivity index (χ3v) is 1.98. The van der Waals surface area contributed by atoms with Crippen molar-refractivity contribution in [1.82, 2.24) is 15.5 Å². The Morgan fingerprint density at radius 2 is 2.00 bits per heavy atom. The maximum Gasteiger partial charge on any atom is 0.230 e. The van der Waals surface area contributed by atoms with Gasteiger partial charge >= 0.3 is 0 Å². The number of ether oxygens (including phenoxy) is 1. The lowest BCUT2D eigenvalue weighted by Crippen LogP contribution is -2.21. The summed E-state index contributed by atoms with van der Waals surface area (Å²) in [5.41, 5.74) is 0. The Morgan fingerprint density at radius 1 is 1.25 bits per heavy atom. The summed E-state index contributed by atoms with van der Waals surface area (Å²) in [6, 6.07) is 0.420. The van der Waals surface area contributed by atoms with E-state index in [0.29, 0.717) is 37.4 Å². The molecule has 0 aliphatic carbocycles. The smallest absolute Gasteiger partial charge is 0.230 e. The molecule has 1 heterocycles. The van der Waals surface area contributed by atoms with Gasteiger partial charge in [-0.05, 0) is 6.42 Å². The van der Waals surface area contributed by atoms with E-state index in [9.17, 15) is 0 Å². The molecule has 16 heavy (non-hydrogen) atoms. The number of nitrogens with zero attached hydrogens (tertiary/aromatic N) is 2. The monoisotopic (exact) mass is 227 g/mol. The summed E-state index contributed by atoms with van der Waals surface area (Å²) < 4.78 is 10.8. The van der Waals surface area contributed by atoms with Gasteiger partial charge in [0, 0.05) is 19.1 Å². The molecule has 0 radical (unpaired) electrons. The summed E-state index contributed by atoms with van der Waals surface area (Å²) in [7, 11) is 0. The average Bonchev–Trinajstić information content (AvgIpc) is 2.70. The molecule has 0 aliphatic heterocycles. The summed E-state index contributed by atoms with van der Waals surface area (Å²) in [4.78, 5) is 0. The van der Waals surface area contributed by atoms with Crippen molar-refractivity contribution < 1.29 is 9.15 Å². The Bertz CT molecular complexity index is 287. The van der Waals surface area contributed by atoms with Crippen LogP contribution in [0.15, 0.2) is 4.42 Å². The van der Waals surface area contributed by atoms with Gasteiger partial charge in [-0.1, -0.05) is 20.8 Å². The molecule has 0 unspecified atom stereocenters. The molecule has 1 N–H and O–H groups in total. The van der Waals surface area contributed by atoms with E-state index in [4.69, 9.17) is 9.15 Å². The van der Waals surface area contributed by atoms with Gasteiger partial charge in [-0.2, -0.15) is 0 Å². The molecule has 0 bridgehead atoms. The molecule has 0 amide bonds. The van der Waals surface area contributed by atoms with Gasteiger partial charge in [0.2, 0.25) is 11.8 Å². The van der Waals surface area contributed by atoms with Crippen LogP contribution in [0.4, 0.5) is 0 Å². The zero-order chi connectivity index (χ0) is 11.8. The van der Waals surface area contributed by atoms with Crippen molar-refractivity contribution >= 4 is 0 Å². The molecule has 0 saturated heterocycles. The topological polar surface area (TPSA) is 60.2 Å². The summed E-state index contributed by atoms with van der Waals surface area (Å²) >= 11 is 0. The van der Waals surface area contributed by atoms with Crippen LogP contribution in [-0.2, 0) is 17.7 Å². The minimum atomic E-state index is 0.420. The van der Waals surface area contributed by atoms with Crippen LogP contribution in [0.5, 0.6) is 0 Å². The number of hydrogen-bond donors (Lipinski definition) is 1. The van der Waals surface area contributed by atoms with Crippen LogP contribution in [0.25, 0.3) is 0 Å². The predicted octanol–water partition coefficient (Wildman–Crippen LogP) is 1.54. The van der Waals surface area contributed by atoms with Crippen molar-refractivity contribution in [3.05, 3.63) is 11.8 Å². The molecule has 0 fully saturated rings. The highest BCUT2D eigenvalue weighted by Crippen LogP contribution is 2.01.